The van der Waals surface area contributed by atoms with Crippen LogP contribution in [-0.2, 0) is 16.1 Å². The van der Waals surface area contributed by atoms with Gasteiger partial charge < -0.3 is 14.6 Å². The lowest BCUT2D eigenvalue weighted by molar-refractivity contribution is -0.131. The van der Waals surface area contributed by atoms with E-state index in [2.05, 4.69) is 15.5 Å². The topological polar surface area (TPSA) is 77.2 Å². The van der Waals surface area contributed by atoms with Crippen molar-refractivity contribution in [3.63, 3.8) is 0 Å². The van der Waals surface area contributed by atoms with Gasteiger partial charge in [-0.2, -0.15) is 4.98 Å². The molecule has 1 fully saturated rings. The standard InChI is InChI=1S/C12H19N3O3/c1-3-6-17-8(2)11(16)13-7-10-14-12(18-15-10)9-4-5-9/h8-9H,3-7H2,1-2H3,(H,13,16)/t8-/m0/s1. The average molecular weight is 253 g/mol. The van der Waals surface area contributed by atoms with Crippen LogP contribution in [0.15, 0.2) is 4.52 Å². The fourth-order valence-corrected chi connectivity index (χ4v) is 1.52. The Morgan fingerprint density at radius 1 is 1.61 bits per heavy atom. The highest BCUT2D eigenvalue weighted by Crippen LogP contribution is 2.38. The lowest BCUT2D eigenvalue weighted by Gasteiger charge is -2.11. The first-order valence-corrected chi connectivity index (χ1v) is 6.42. The summed E-state index contributed by atoms with van der Waals surface area (Å²) in [6.07, 6.45) is 2.69. The van der Waals surface area contributed by atoms with Gasteiger partial charge in [-0.15, -0.1) is 0 Å². The molecule has 0 bridgehead atoms. The predicted octanol–water partition coefficient (Wildman–Crippen LogP) is 1.38. The molecule has 6 nitrogen and oxygen atoms in total. The third-order valence-electron chi connectivity index (χ3n) is 2.77. The summed E-state index contributed by atoms with van der Waals surface area (Å²) in [4.78, 5) is 15.9. The molecule has 18 heavy (non-hydrogen) atoms. The second-order valence-electron chi connectivity index (χ2n) is 4.55. The molecule has 1 atom stereocenters. The van der Waals surface area contributed by atoms with E-state index in [-0.39, 0.29) is 12.5 Å². The van der Waals surface area contributed by atoms with Gasteiger partial charge in [-0.05, 0) is 26.2 Å². The van der Waals surface area contributed by atoms with Crippen molar-refractivity contribution in [3.05, 3.63) is 11.7 Å². The van der Waals surface area contributed by atoms with E-state index in [4.69, 9.17) is 9.26 Å². The number of ether oxygens (including phenoxy) is 1. The number of amides is 1. The minimum Gasteiger partial charge on any atom is -0.369 e. The molecule has 1 saturated carbocycles. The molecule has 1 aliphatic carbocycles. The quantitative estimate of drug-likeness (QED) is 0.794. The highest BCUT2D eigenvalue weighted by atomic mass is 16.5. The molecule has 100 valence electrons. The van der Waals surface area contributed by atoms with Gasteiger partial charge in [0.1, 0.15) is 6.10 Å². The number of nitrogens with zero attached hydrogens (tertiary/aromatic N) is 2. The fourth-order valence-electron chi connectivity index (χ4n) is 1.52. The van der Waals surface area contributed by atoms with Crippen LogP contribution in [0.3, 0.4) is 0 Å². The molecule has 1 aromatic heterocycles. The molecule has 0 aliphatic heterocycles. The van der Waals surface area contributed by atoms with Crippen LogP contribution in [0.1, 0.15) is 50.7 Å². The van der Waals surface area contributed by atoms with Crippen LogP contribution < -0.4 is 5.32 Å². The molecule has 1 amide bonds. The number of nitrogens with one attached hydrogen (secondary N) is 1. The lowest BCUT2D eigenvalue weighted by atomic mass is 10.3. The Labute approximate surface area is 106 Å². The average Bonchev–Trinajstić information content (AvgIpc) is 3.12. The lowest BCUT2D eigenvalue weighted by Crippen LogP contribution is -2.34. The van der Waals surface area contributed by atoms with Gasteiger partial charge in [0.15, 0.2) is 5.82 Å². The minimum atomic E-state index is -0.445. The molecule has 1 aliphatic rings. The molecule has 1 N–H and O–H groups in total. The first-order chi connectivity index (χ1) is 8.70. The highest BCUT2D eigenvalue weighted by Gasteiger charge is 2.29. The second kappa shape index (κ2) is 5.95. The summed E-state index contributed by atoms with van der Waals surface area (Å²) in [5.41, 5.74) is 0. The molecule has 0 radical (unpaired) electrons. The van der Waals surface area contributed by atoms with Gasteiger partial charge in [-0.25, -0.2) is 0 Å². The van der Waals surface area contributed by atoms with E-state index in [1.807, 2.05) is 6.92 Å². The van der Waals surface area contributed by atoms with Crippen molar-refractivity contribution in [1.29, 1.82) is 0 Å². The zero-order valence-electron chi connectivity index (χ0n) is 10.8. The summed E-state index contributed by atoms with van der Waals surface area (Å²) in [5.74, 6) is 1.50. The van der Waals surface area contributed by atoms with Crippen molar-refractivity contribution < 1.29 is 14.1 Å². The van der Waals surface area contributed by atoms with Crippen molar-refractivity contribution in [3.8, 4) is 0 Å². The number of carbonyl (C=O) groups is 1. The summed E-state index contributed by atoms with van der Waals surface area (Å²) in [6, 6.07) is 0. The third-order valence-corrected chi connectivity index (χ3v) is 2.77. The van der Waals surface area contributed by atoms with Crippen LogP contribution in [0.4, 0.5) is 0 Å². The van der Waals surface area contributed by atoms with E-state index in [0.717, 1.165) is 19.3 Å². The van der Waals surface area contributed by atoms with Crippen molar-refractivity contribution in [2.24, 2.45) is 0 Å². The zero-order chi connectivity index (χ0) is 13.0. The monoisotopic (exact) mass is 253 g/mol. The number of rotatable bonds is 7. The van der Waals surface area contributed by atoms with Gasteiger partial charge in [0.2, 0.25) is 11.8 Å². The Kier molecular flexibility index (Phi) is 4.30. The van der Waals surface area contributed by atoms with Gasteiger partial charge in [-0.1, -0.05) is 12.1 Å². The van der Waals surface area contributed by atoms with Crippen molar-refractivity contribution in [1.82, 2.24) is 15.5 Å². The molecule has 0 spiro atoms. The van der Waals surface area contributed by atoms with Gasteiger partial charge >= 0.3 is 0 Å². The summed E-state index contributed by atoms with van der Waals surface area (Å²) in [5, 5.41) is 6.56. The molecule has 2 rings (SSSR count). The van der Waals surface area contributed by atoms with E-state index < -0.39 is 6.10 Å². The molecular formula is C12H19N3O3. The first-order valence-electron chi connectivity index (χ1n) is 6.42. The maximum atomic E-state index is 11.7. The molecule has 0 unspecified atom stereocenters. The van der Waals surface area contributed by atoms with Crippen LogP contribution in [0.5, 0.6) is 0 Å². The molecule has 6 heteroatoms. The molecule has 1 heterocycles. The smallest absolute Gasteiger partial charge is 0.249 e. The second-order valence-corrected chi connectivity index (χ2v) is 4.55. The Bertz CT molecular complexity index is 401. The Morgan fingerprint density at radius 3 is 3.06 bits per heavy atom. The number of aromatic nitrogens is 2. The van der Waals surface area contributed by atoms with E-state index in [1.165, 1.54) is 0 Å². The number of hydrogen-bond acceptors (Lipinski definition) is 5. The third kappa shape index (κ3) is 3.53. The maximum Gasteiger partial charge on any atom is 0.249 e. The summed E-state index contributed by atoms with van der Waals surface area (Å²) in [7, 11) is 0. The molecule has 0 saturated heterocycles. The Hall–Kier alpha value is -1.43. The van der Waals surface area contributed by atoms with E-state index in [0.29, 0.717) is 24.2 Å². The molecule has 1 aromatic rings. The SMILES string of the molecule is CCCO[C@@H](C)C(=O)NCc1noc(C2CC2)n1. The normalized spacial score (nSPS) is 16.6. The Balaban J connectivity index is 1.73. The van der Waals surface area contributed by atoms with E-state index in [1.54, 1.807) is 6.92 Å². The fraction of sp³-hybridized carbons (Fsp3) is 0.750. The van der Waals surface area contributed by atoms with Gasteiger partial charge in [0.25, 0.3) is 0 Å². The van der Waals surface area contributed by atoms with Crippen LogP contribution >= 0.6 is 0 Å². The van der Waals surface area contributed by atoms with Gasteiger partial charge in [0, 0.05) is 12.5 Å². The van der Waals surface area contributed by atoms with Crippen molar-refractivity contribution >= 4 is 5.91 Å². The van der Waals surface area contributed by atoms with Gasteiger partial charge in [0.05, 0.1) is 6.54 Å². The van der Waals surface area contributed by atoms with Crippen LogP contribution in [0, 0.1) is 0 Å². The molecule has 0 aromatic carbocycles. The van der Waals surface area contributed by atoms with Crippen molar-refractivity contribution in [2.45, 2.75) is 51.7 Å². The summed E-state index contributed by atoms with van der Waals surface area (Å²) >= 11 is 0. The number of carbonyl (C=O) groups excluding carboxylic acids is 1. The first kappa shape index (κ1) is 13.0. The highest BCUT2D eigenvalue weighted by molar-refractivity contribution is 5.80. The Morgan fingerprint density at radius 2 is 2.39 bits per heavy atom. The zero-order valence-corrected chi connectivity index (χ0v) is 10.8. The van der Waals surface area contributed by atoms with Crippen LogP contribution in [0.25, 0.3) is 0 Å². The molecular weight excluding hydrogens is 234 g/mol. The van der Waals surface area contributed by atoms with Gasteiger partial charge in [-0.3, -0.25) is 4.79 Å². The summed E-state index contributed by atoms with van der Waals surface area (Å²) in [6.45, 7) is 4.61. The van der Waals surface area contributed by atoms with E-state index >= 15 is 0 Å². The van der Waals surface area contributed by atoms with E-state index in [9.17, 15) is 4.79 Å². The van der Waals surface area contributed by atoms with Crippen LogP contribution in [-0.4, -0.2) is 28.8 Å². The van der Waals surface area contributed by atoms with Crippen LogP contribution in [0.2, 0.25) is 0 Å². The largest absolute Gasteiger partial charge is 0.369 e. The van der Waals surface area contributed by atoms with Crippen molar-refractivity contribution in [2.75, 3.05) is 6.61 Å². The maximum absolute atomic E-state index is 11.7. The predicted molar refractivity (Wildman–Crippen MR) is 63.8 cm³/mol. The number of hydrogen-bond donors (Lipinski definition) is 1. The minimum absolute atomic E-state index is 0.152. The summed E-state index contributed by atoms with van der Waals surface area (Å²) < 4.78 is 10.4.